The minimum absolute atomic E-state index is 0.0847. The van der Waals surface area contributed by atoms with Gasteiger partial charge in [-0.3, -0.25) is 14.4 Å². The van der Waals surface area contributed by atoms with Crippen molar-refractivity contribution < 1.29 is 28.2 Å². The predicted molar refractivity (Wildman–Crippen MR) is 125 cm³/mol. The SMILES string of the molecule is O=C(NC(C(=O)N1CCCC1)C1CCN(C(=O)c2ccc3c(c2)OCO3)CC1)c1ccc(F)cc1. The first-order valence-corrected chi connectivity index (χ1v) is 12.0. The lowest BCUT2D eigenvalue weighted by atomic mass is 9.88. The number of halogens is 1. The van der Waals surface area contributed by atoms with Crippen molar-refractivity contribution in [2.45, 2.75) is 31.7 Å². The molecular formula is C26H28FN3O5. The Morgan fingerprint density at radius 1 is 0.857 bits per heavy atom. The highest BCUT2D eigenvalue weighted by atomic mass is 19.1. The number of rotatable bonds is 5. The standard InChI is InChI=1S/C26H28FN3O5/c27-20-6-3-18(4-7-20)24(31)28-23(26(33)29-11-1-2-12-29)17-9-13-30(14-10-17)25(32)19-5-8-21-22(15-19)35-16-34-21/h3-8,15,17,23H,1-2,9-14,16H2,(H,28,31). The number of piperidine rings is 1. The van der Waals surface area contributed by atoms with Crippen LogP contribution in [-0.2, 0) is 4.79 Å². The van der Waals surface area contributed by atoms with Crippen LogP contribution in [0.3, 0.4) is 0 Å². The highest BCUT2D eigenvalue weighted by Gasteiger charge is 2.37. The molecular weight excluding hydrogens is 453 g/mol. The third kappa shape index (κ3) is 4.94. The second-order valence-electron chi connectivity index (χ2n) is 9.19. The molecule has 1 atom stereocenters. The summed E-state index contributed by atoms with van der Waals surface area (Å²) in [6.07, 6.45) is 3.08. The summed E-state index contributed by atoms with van der Waals surface area (Å²) in [6, 6.07) is 9.75. The molecule has 2 fully saturated rings. The van der Waals surface area contributed by atoms with Gasteiger partial charge < -0.3 is 24.6 Å². The van der Waals surface area contributed by atoms with E-state index in [9.17, 15) is 18.8 Å². The molecule has 3 aliphatic rings. The number of carbonyl (C=O) groups excluding carboxylic acids is 3. The molecule has 0 bridgehead atoms. The molecule has 3 aliphatic heterocycles. The molecule has 35 heavy (non-hydrogen) atoms. The topological polar surface area (TPSA) is 88.2 Å². The first-order chi connectivity index (χ1) is 17.0. The lowest BCUT2D eigenvalue weighted by Gasteiger charge is -2.37. The van der Waals surface area contributed by atoms with Crippen LogP contribution >= 0.6 is 0 Å². The van der Waals surface area contributed by atoms with Crippen LogP contribution in [0.5, 0.6) is 11.5 Å². The van der Waals surface area contributed by atoms with E-state index >= 15 is 0 Å². The molecule has 3 heterocycles. The average Bonchev–Trinajstić information content (AvgIpc) is 3.59. The maximum absolute atomic E-state index is 13.4. The Bertz CT molecular complexity index is 1110. The van der Waals surface area contributed by atoms with E-state index in [1.807, 2.05) is 0 Å². The van der Waals surface area contributed by atoms with Crippen molar-refractivity contribution in [1.82, 2.24) is 15.1 Å². The Kier molecular flexibility index (Phi) is 6.57. The Labute approximate surface area is 203 Å². The van der Waals surface area contributed by atoms with E-state index in [1.54, 1.807) is 28.0 Å². The van der Waals surface area contributed by atoms with Gasteiger partial charge in [0, 0.05) is 37.3 Å². The van der Waals surface area contributed by atoms with Crippen molar-refractivity contribution in [3.63, 3.8) is 0 Å². The molecule has 9 heteroatoms. The van der Waals surface area contributed by atoms with Crippen LogP contribution < -0.4 is 14.8 Å². The van der Waals surface area contributed by atoms with Crippen LogP contribution in [-0.4, -0.2) is 66.5 Å². The van der Waals surface area contributed by atoms with E-state index in [2.05, 4.69) is 5.32 Å². The summed E-state index contributed by atoms with van der Waals surface area (Å²) < 4.78 is 24.0. The van der Waals surface area contributed by atoms with E-state index < -0.39 is 17.8 Å². The molecule has 0 aromatic heterocycles. The van der Waals surface area contributed by atoms with E-state index in [4.69, 9.17) is 9.47 Å². The smallest absolute Gasteiger partial charge is 0.253 e. The average molecular weight is 482 g/mol. The third-order valence-electron chi connectivity index (χ3n) is 6.99. The van der Waals surface area contributed by atoms with Gasteiger partial charge in [0.15, 0.2) is 11.5 Å². The predicted octanol–water partition coefficient (Wildman–Crippen LogP) is 2.83. The first-order valence-electron chi connectivity index (χ1n) is 12.0. The lowest BCUT2D eigenvalue weighted by Crippen LogP contribution is -2.54. The number of hydrogen-bond acceptors (Lipinski definition) is 5. The normalized spacial score (nSPS) is 18.4. The van der Waals surface area contributed by atoms with Crippen LogP contribution in [0.15, 0.2) is 42.5 Å². The molecule has 1 N–H and O–H groups in total. The molecule has 5 rings (SSSR count). The Morgan fingerprint density at radius 3 is 2.23 bits per heavy atom. The zero-order valence-electron chi connectivity index (χ0n) is 19.4. The van der Waals surface area contributed by atoms with Gasteiger partial charge in [0.2, 0.25) is 12.7 Å². The molecule has 184 valence electrons. The fourth-order valence-corrected chi connectivity index (χ4v) is 4.99. The zero-order valence-corrected chi connectivity index (χ0v) is 19.4. The molecule has 0 saturated carbocycles. The third-order valence-corrected chi connectivity index (χ3v) is 6.99. The lowest BCUT2D eigenvalue weighted by molar-refractivity contribution is -0.134. The van der Waals surface area contributed by atoms with E-state index in [0.29, 0.717) is 61.6 Å². The number of benzene rings is 2. The van der Waals surface area contributed by atoms with Crippen molar-refractivity contribution in [2.24, 2.45) is 5.92 Å². The van der Waals surface area contributed by atoms with Crippen LogP contribution in [0.1, 0.15) is 46.4 Å². The summed E-state index contributed by atoms with van der Waals surface area (Å²) in [5.74, 6) is 0.0735. The van der Waals surface area contributed by atoms with Crippen LogP contribution in [0.25, 0.3) is 0 Å². The minimum atomic E-state index is -0.687. The fraction of sp³-hybridized carbons (Fsp3) is 0.423. The highest BCUT2D eigenvalue weighted by molar-refractivity contribution is 5.98. The number of carbonyl (C=O) groups is 3. The number of hydrogen-bond donors (Lipinski definition) is 1. The molecule has 1 unspecified atom stereocenters. The summed E-state index contributed by atoms with van der Waals surface area (Å²) in [5, 5.41) is 2.92. The van der Waals surface area contributed by atoms with Crippen LogP contribution in [0.4, 0.5) is 4.39 Å². The molecule has 3 amide bonds. The van der Waals surface area contributed by atoms with Crippen molar-refractivity contribution >= 4 is 17.7 Å². The second kappa shape index (κ2) is 9.93. The number of amides is 3. The minimum Gasteiger partial charge on any atom is -0.454 e. The molecule has 2 aromatic carbocycles. The van der Waals surface area contributed by atoms with Crippen molar-refractivity contribution in [3.8, 4) is 11.5 Å². The summed E-state index contributed by atoms with van der Waals surface area (Å²) in [4.78, 5) is 42.9. The van der Waals surface area contributed by atoms with Crippen LogP contribution in [0, 0.1) is 11.7 Å². The van der Waals surface area contributed by atoms with Gasteiger partial charge in [-0.15, -0.1) is 0 Å². The van der Waals surface area contributed by atoms with E-state index in [0.717, 1.165) is 12.8 Å². The number of nitrogens with one attached hydrogen (secondary N) is 1. The maximum atomic E-state index is 13.4. The summed E-state index contributed by atoms with van der Waals surface area (Å²) in [5.41, 5.74) is 0.836. The summed E-state index contributed by atoms with van der Waals surface area (Å²) in [7, 11) is 0. The zero-order chi connectivity index (χ0) is 24.4. The van der Waals surface area contributed by atoms with Crippen molar-refractivity contribution in [3.05, 3.63) is 59.4 Å². The second-order valence-corrected chi connectivity index (χ2v) is 9.19. The number of likely N-dealkylation sites (tertiary alicyclic amines) is 2. The van der Waals surface area contributed by atoms with E-state index in [1.165, 1.54) is 24.3 Å². The highest BCUT2D eigenvalue weighted by Crippen LogP contribution is 2.33. The van der Waals surface area contributed by atoms with Gasteiger partial charge in [-0.2, -0.15) is 0 Å². The molecule has 0 aliphatic carbocycles. The number of nitrogens with zero attached hydrogens (tertiary/aromatic N) is 2. The van der Waals surface area contributed by atoms with Crippen molar-refractivity contribution in [2.75, 3.05) is 33.0 Å². The molecule has 2 saturated heterocycles. The Balaban J connectivity index is 1.27. The van der Waals surface area contributed by atoms with Gasteiger partial charge in [-0.05, 0) is 74.1 Å². The molecule has 0 spiro atoms. The Morgan fingerprint density at radius 2 is 1.51 bits per heavy atom. The van der Waals surface area contributed by atoms with Gasteiger partial charge >= 0.3 is 0 Å². The van der Waals surface area contributed by atoms with Gasteiger partial charge in [-0.25, -0.2) is 4.39 Å². The molecule has 0 radical (unpaired) electrons. The van der Waals surface area contributed by atoms with Crippen molar-refractivity contribution in [1.29, 1.82) is 0 Å². The van der Waals surface area contributed by atoms with Crippen LogP contribution in [0.2, 0.25) is 0 Å². The Hall–Kier alpha value is -3.62. The molecule has 2 aromatic rings. The fourth-order valence-electron chi connectivity index (χ4n) is 4.99. The monoisotopic (exact) mass is 481 g/mol. The number of ether oxygens (including phenoxy) is 2. The maximum Gasteiger partial charge on any atom is 0.253 e. The van der Waals surface area contributed by atoms with E-state index in [-0.39, 0.29) is 24.5 Å². The first kappa shape index (κ1) is 23.1. The summed E-state index contributed by atoms with van der Waals surface area (Å²) >= 11 is 0. The molecule has 8 nitrogen and oxygen atoms in total. The van der Waals surface area contributed by atoms with Gasteiger partial charge in [0.25, 0.3) is 11.8 Å². The quantitative estimate of drug-likeness (QED) is 0.710. The van der Waals surface area contributed by atoms with Gasteiger partial charge in [0.05, 0.1) is 0 Å². The van der Waals surface area contributed by atoms with Gasteiger partial charge in [0.1, 0.15) is 11.9 Å². The summed E-state index contributed by atoms with van der Waals surface area (Å²) in [6.45, 7) is 2.48. The largest absolute Gasteiger partial charge is 0.454 e. The van der Waals surface area contributed by atoms with Gasteiger partial charge in [-0.1, -0.05) is 0 Å². The number of fused-ring (bicyclic) bond motifs is 1.